The first-order valence-electron chi connectivity index (χ1n) is 8.06. The van der Waals surface area contributed by atoms with Gasteiger partial charge in [-0.25, -0.2) is 4.98 Å². The van der Waals surface area contributed by atoms with Gasteiger partial charge in [-0.2, -0.15) is 0 Å². The minimum atomic E-state index is 0.160. The molecule has 0 saturated carbocycles. The van der Waals surface area contributed by atoms with Crippen LogP contribution >= 0.6 is 11.8 Å². The first kappa shape index (κ1) is 16.7. The molecule has 2 aromatic carbocycles. The van der Waals surface area contributed by atoms with E-state index in [0.29, 0.717) is 5.75 Å². The summed E-state index contributed by atoms with van der Waals surface area (Å²) >= 11 is 1.51. The maximum atomic E-state index is 12.6. The molecular weight excluding hydrogens is 314 g/mol. The lowest BCUT2D eigenvalue weighted by molar-refractivity contribution is 0.102. The van der Waals surface area contributed by atoms with Crippen LogP contribution in [0, 0.1) is 27.7 Å². The Bertz CT molecular complexity index is 931. The molecular formula is C21H21NOS. The second-order valence-electron chi connectivity index (χ2n) is 6.26. The fraction of sp³-hybridized carbons (Fsp3) is 0.238. The first-order valence-corrected chi connectivity index (χ1v) is 9.04. The molecule has 0 saturated heterocycles. The minimum absolute atomic E-state index is 0.160. The van der Waals surface area contributed by atoms with Crippen molar-refractivity contribution in [3.05, 3.63) is 70.3 Å². The molecule has 0 spiro atoms. The lowest BCUT2D eigenvalue weighted by Gasteiger charge is -2.09. The highest BCUT2D eigenvalue weighted by molar-refractivity contribution is 7.99. The molecule has 0 aliphatic heterocycles. The number of aromatic nitrogens is 1. The highest BCUT2D eigenvalue weighted by Crippen LogP contribution is 2.25. The van der Waals surface area contributed by atoms with Gasteiger partial charge in [0.1, 0.15) is 0 Å². The Morgan fingerprint density at radius 3 is 2.42 bits per heavy atom. The number of hydrogen-bond donors (Lipinski definition) is 0. The van der Waals surface area contributed by atoms with Crippen molar-refractivity contribution in [1.29, 1.82) is 0 Å². The number of Topliss-reactive ketones (excluding diaryl/α,β-unsaturated/α-hetero) is 1. The molecule has 24 heavy (non-hydrogen) atoms. The van der Waals surface area contributed by atoms with Gasteiger partial charge in [0.25, 0.3) is 0 Å². The highest BCUT2D eigenvalue weighted by atomic mass is 32.2. The number of pyridine rings is 1. The predicted molar refractivity (Wildman–Crippen MR) is 102 cm³/mol. The van der Waals surface area contributed by atoms with Crippen LogP contribution in [0.5, 0.6) is 0 Å². The number of para-hydroxylation sites is 1. The van der Waals surface area contributed by atoms with E-state index in [9.17, 15) is 4.79 Å². The highest BCUT2D eigenvalue weighted by Gasteiger charge is 2.12. The number of fused-ring (bicyclic) bond motifs is 1. The second-order valence-corrected chi connectivity index (χ2v) is 7.25. The number of aryl methyl sites for hydroxylation is 4. The molecule has 0 aliphatic rings. The van der Waals surface area contributed by atoms with Gasteiger partial charge >= 0.3 is 0 Å². The van der Waals surface area contributed by atoms with E-state index in [1.54, 1.807) is 0 Å². The summed E-state index contributed by atoms with van der Waals surface area (Å²) in [5, 5.41) is 2.07. The molecule has 3 rings (SSSR count). The summed E-state index contributed by atoms with van der Waals surface area (Å²) in [6.45, 7) is 8.21. The van der Waals surface area contributed by atoms with E-state index in [2.05, 4.69) is 37.0 Å². The zero-order valence-electron chi connectivity index (χ0n) is 14.5. The summed E-state index contributed by atoms with van der Waals surface area (Å²) in [5.74, 6) is 0.571. The molecule has 2 nitrogen and oxygen atoms in total. The summed E-state index contributed by atoms with van der Waals surface area (Å²) in [6.07, 6.45) is 0. The average Bonchev–Trinajstić information content (AvgIpc) is 2.56. The van der Waals surface area contributed by atoms with Gasteiger partial charge in [0.05, 0.1) is 16.3 Å². The molecule has 0 N–H and O–H groups in total. The van der Waals surface area contributed by atoms with Crippen molar-refractivity contribution in [2.24, 2.45) is 0 Å². The number of ketones is 1. The molecule has 0 radical (unpaired) electrons. The van der Waals surface area contributed by atoms with Crippen LogP contribution in [0.15, 0.2) is 47.5 Å². The fourth-order valence-corrected chi connectivity index (χ4v) is 3.73. The second kappa shape index (κ2) is 6.78. The third kappa shape index (κ3) is 3.36. The summed E-state index contributed by atoms with van der Waals surface area (Å²) in [5.41, 5.74) is 6.43. The van der Waals surface area contributed by atoms with E-state index in [-0.39, 0.29) is 5.78 Å². The van der Waals surface area contributed by atoms with Gasteiger partial charge < -0.3 is 0 Å². The third-order valence-corrected chi connectivity index (χ3v) is 5.30. The van der Waals surface area contributed by atoms with E-state index in [1.807, 2.05) is 38.1 Å². The Morgan fingerprint density at radius 1 is 0.917 bits per heavy atom. The van der Waals surface area contributed by atoms with Crippen molar-refractivity contribution in [3.63, 3.8) is 0 Å². The van der Waals surface area contributed by atoms with Crippen LogP contribution in [0.25, 0.3) is 10.9 Å². The Morgan fingerprint density at radius 2 is 1.62 bits per heavy atom. The Kier molecular flexibility index (Phi) is 4.72. The standard InChI is InChI=1S/C21H21NOS/c1-13-9-15(3)18(10-14(13)2)20(23)12-24-21-11-16(4)17-7-5-6-8-19(17)22-21/h5-11H,12H2,1-4H3. The molecule has 3 heteroatoms. The molecule has 0 fully saturated rings. The van der Waals surface area contributed by atoms with E-state index in [1.165, 1.54) is 22.9 Å². The molecule has 1 heterocycles. The number of carbonyl (C=O) groups is 1. The third-order valence-electron chi connectivity index (χ3n) is 4.39. The van der Waals surface area contributed by atoms with Crippen LogP contribution in [0.2, 0.25) is 0 Å². The van der Waals surface area contributed by atoms with E-state index in [0.717, 1.165) is 32.6 Å². The van der Waals surface area contributed by atoms with Crippen molar-refractivity contribution in [3.8, 4) is 0 Å². The average molecular weight is 335 g/mol. The van der Waals surface area contributed by atoms with Gasteiger partial charge in [-0.15, -0.1) is 0 Å². The van der Waals surface area contributed by atoms with Crippen LogP contribution in [0.1, 0.15) is 32.6 Å². The Balaban J connectivity index is 1.81. The number of nitrogens with zero attached hydrogens (tertiary/aromatic N) is 1. The molecule has 0 unspecified atom stereocenters. The van der Waals surface area contributed by atoms with Crippen LogP contribution in [-0.4, -0.2) is 16.5 Å². The number of benzene rings is 2. The van der Waals surface area contributed by atoms with Gasteiger partial charge in [0.15, 0.2) is 5.78 Å². The van der Waals surface area contributed by atoms with Crippen LogP contribution in [-0.2, 0) is 0 Å². The largest absolute Gasteiger partial charge is 0.293 e. The predicted octanol–water partition coefficient (Wildman–Crippen LogP) is 5.44. The maximum absolute atomic E-state index is 12.6. The summed E-state index contributed by atoms with van der Waals surface area (Å²) in [6, 6.07) is 14.3. The summed E-state index contributed by atoms with van der Waals surface area (Å²) in [7, 11) is 0. The zero-order chi connectivity index (χ0) is 17.3. The summed E-state index contributed by atoms with van der Waals surface area (Å²) in [4.78, 5) is 17.3. The normalized spacial score (nSPS) is 11.0. The van der Waals surface area contributed by atoms with Crippen LogP contribution < -0.4 is 0 Å². The number of rotatable bonds is 4. The first-order chi connectivity index (χ1) is 11.5. The SMILES string of the molecule is Cc1cc(C)c(C(=O)CSc2cc(C)c3ccccc3n2)cc1C. The van der Waals surface area contributed by atoms with Gasteiger partial charge in [0, 0.05) is 10.9 Å². The Hall–Kier alpha value is -2.13. The lowest BCUT2D eigenvalue weighted by atomic mass is 9.99. The molecule has 1 aromatic heterocycles. The van der Waals surface area contributed by atoms with Crippen molar-refractivity contribution in [1.82, 2.24) is 4.98 Å². The quantitative estimate of drug-likeness (QED) is 0.469. The van der Waals surface area contributed by atoms with Gasteiger partial charge in [0.2, 0.25) is 0 Å². The maximum Gasteiger partial charge on any atom is 0.173 e. The van der Waals surface area contributed by atoms with Gasteiger partial charge in [-0.05, 0) is 68.1 Å². The smallest absolute Gasteiger partial charge is 0.173 e. The van der Waals surface area contributed by atoms with Crippen LogP contribution in [0.4, 0.5) is 0 Å². The van der Waals surface area contributed by atoms with E-state index in [4.69, 9.17) is 0 Å². The number of thioether (sulfide) groups is 1. The topological polar surface area (TPSA) is 30.0 Å². The fourth-order valence-electron chi connectivity index (χ4n) is 2.87. The van der Waals surface area contributed by atoms with Crippen molar-refractivity contribution < 1.29 is 4.79 Å². The molecule has 0 amide bonds. The van der Waals surface area contributed by atoms with Crippen molar-refractivity contribution in [2.45, 2.75) is 32.7 Å². The molecule has 0 atom stereocenters. The number of hydrogen-bond acceptors (Lipinski definition) is 3. The minimum Gasteiger partial charge on any atom is -0.293 e. The lowest BCUT2D eigenvalue weighted by Crippen LogP contribution is -2.06. The molecule has 122 valence electrons. The Labute approximate surface area is 147 Å². The van der Waals surface area contributed by atoms with Crippen LogP contribution in [0.3, 0.4) is 0 Å². The van der Waals surface area contributed by atoms with Crippen molar-refractivity contribution >= 4 is 28.4 Å². The zero-order valence-corrected chi connectivity index (χ0v) is 15.3. The molecule has 0 aliphatic carbocycles. The van der Waals surface area contributed by atoms with E-state index < -0.39 is 0 Å². The van der Waals surface area contributed by atoms with Crippen molar-refractivity contribution in [2.75, 3.05) is 5.75 Å². The van der Waals surface area contributed by atoms with Gasteiger partial charge in [-0.1, -0.05) is 36.0 Å². The monoisotopic (exact) mass is 335 g/mol. The van der Waals surface area contributed by atoms with E-state index >= 15 is 0 Å². The molecule has 0 bridgehead atoms. The number of carbonyl (C=O) groups excluding carboxylic acids is 1. The van der Waals surface area contributed by atoms with Gasteiger partial charge in [-0.3, -0.25) is 4.79 Å². The molecule has 3 aromatic rings. The summed E-state index contributed by atoms with van der Waals surface area (Å²) < 4.78 is 0.